The molecule has 1 aromatic carbocycles. The normalized spacial score (nSPS) is 21.4. The highest BCUT2D eigenvalue weighted by Gasteiger charge is 2.42. The summed E-state index contributed by atoms with van der Waals surface area (Å²) in [6.45, 7) is 4.46. The summed E-state index contributed by atoms with van der Waals surface area (Å²) in [5, 5.41) is 0.616. The van der Waals surface area contributed by atoms with E-state index in [0.717, 1.165) is 5.56 Å². The van der Waals surface area contributed by atoms with Crippen molar-refractivity contribution in [1.29, 1.82) is 0 Å². The van der Waals surface area contributed by atoms with Gasteiger partial charge in [0.15, 0.2) is 0 Å². The van der Waals surface area contributed by atoms with Gasteiger partial charge < -0.3 is 9.64 Å². The van der Waals surface area contributed by atoms with Crippen molar-refractivity contribution >= 4 is 29.5 Å². The van der Waals surface area contributed by atoms with Gasteiger partial charge in [-0.25, -0.2) is 4.79 Å². The Morgan fingerprint density at radius 1 is 1.15 bits per heavy atom. The molecule has 0 bridgehead atoms. The second-order valence-corrected chi connectivity index (χ2v) is 6.82. The molecular formula is C18H22ClN3O4. The lowest BCUT2D eigenvalue weighted by atomic mass is 10.2. The number of hydrogen-bond acceptors (Lipinski definition) is 5. The monoisotopic (exact) mass is 379 g/mol. The maximum absolute atomic E-state index is 12.7. The third-order valence-electron chi connectivity index (χ3n) is 4.76. The van der Waals surface area contributed by atoms with Gasteiger partial charge in [0.1, 0.15) is 0 Å². The lowest BCUT2D eigenvalue weighted by molar-refractivity contribution is -0.140. The minimum Gasteiger partial charge on any atom is -0.450 e. The fraction of sp³-hybridized carbons (Fsp3) is 0.500. The summed E-state index contributed by atoms with van der Waals surface area (Å²) in [6, 6.07) is 6.67. The molecule has 1 atom stereocenters. The van der Waals surface area contributed by atoms with Gasteiger partial charge in [0.2, 0.25) is 11.8 Å². The van der Waals surface area contributed by atoms with Crippen molar-refractivity contribution in [3.8, 4) is 0 Å². The van der Waals surface area contributed by atoms with E-state index in [1.807, 2.05) is 17.0 Å². The highest BCUT2D eigenvalue weighted by atomic mass is 35.5. The molecule has 2 aliphatic rings. The van der Waals surface area contributed by atoms with Crippen LogP contribution in [0.2, 0.25) is 5.02 Å². The van der Waals surface area contributed by atoms with E-state index < -0.39 is 6.04 Å². The van der Waals surface area contributed by atoms with Crippen molar-refractivity contribution in [2.75, 3.05) is 32.8 Å². The van der Waals surface area contributed by atoms with E-state index >= 15 is 0 Å². The summed E-state index contributed by atoms with van der Waals surface area (Å²) >= 11 is 5.87. The third kappa shape index (κ3) is 3.99. The molecule has 26 heavy (non-hydrogen) atoms. The van der Waals surface area contributed by atoms with Crippen molar-refractivity contribution < 1.29 is 19.1 Å². The zero-order chi connectivity index (χ0) is 18.7. The van der Waals surface area contributed by atoms with E-state index in [1.165, 1.54) is 4.90 Å². The van der Waals surface area contributed by atoms with Gasteiger partial charge in [-0.3, -0.25) is 19.4 Å². The summed E-state index contributed by atoms with van der Waals surface area (Å²) in [5.41, 5.74) is 0.865. The highest BCUT2D eigenvalue weighted by Crippen LogP contribution is 2.23. The minimum absolute atomic E-state index is 0.164. The van der Waals surface area contributed by atoms with Crippen LogP contribution in [-0.2, 0) is 20.9 Å². The number of piperazine rings is 1. The number of imide groups is 1. The SMILES string of the molecule is CCOC(=O)N1CCN([C@H]2CC(=O)N(Cc3ccc(Cl)cc3)C2=O)CC1. The first-order valence-electron chi connectivity index (χ1n) is 8.74. The lowest BCUT2D eigenvalue weighted by Crippen LogP contribution is -2.53. The largest absolute Gasteiger partial charge is 0.450 e. The van der Waals surface area contributed by atoms with Gasteiger partial charge >= 0.3 is 6.09 Å². The number of rotatable bonds is 4. The average Bonchev–Trinajstić information content (AvgIpc) is 2.92. The van der Waals surface area contributed by atoms with Gasteiger partial charge in [0.05, 0.1) is 25.6 Å². The first-order chi connectivity index (χ1) is 12.5. The smallest absolute Gasteiger partial charge is 0.409 e. The maximum atomic E-state index is 12.7. The van der Waals surface area contributed by atoms with Gasteiger partial charge in [0.25, 0.3) is 0 Å². The number of amides is 3. The van der Waals surface area contributed by atoms with E-state index in [9.17, 15) is 14.4 Å². The standard InChI is InChI=1S/C18H22ClN3O4/c1-2-26-18(25)21-9-7-20(8-10-21)15-11-16(23)22(17(15)24)12-13-3-5-14(19)6-4-13/h3-6,15H,2,7-12H2,1H3/t15-/m0/s1. The Balaban J connectivity index is 1.59. The molecule has 3 rings (SSSR count). The number of benzene rings is 1. The number of ether oxygens (including phenoxy) is 1. The maximum Gasteiger partial charge on any atom is 0.409 e. The predicted molar refractivity (Wildman–Crippen MR) is 95.6 cm³/mol. The Hall–Kier alpha value is -2.12. The zero-order valence-corrected chi connectivity index (χ0v) is 15.4. The Kier molecular flexibility index (Phi) is 5.78. The molecule has 2 saturated heterocycles. The van der Waals surface area contributed by atoms with Crippen LogP contribution in [0.3, 0.4) is 0 Å². The number of carbonyl (C=O) groups is 3. The molecule has 0 saturated carbocycles. The molecule has 0 N–H and O–H groups in total. The molecule has 0 aliphatic carbocycles. The van der Waals surface area contributed by atoms with Crippen molar-refractivity contribution in [1.82, 2.24) is 14.7 Å². The second kappa shape index (κ2) is 8.05. The number of carbonyl (C=O) groups excluding carboxylic acids is 3. The molecule has 8 heteroatoms. The molecule has 3 amide bonds. The van der Waals surface area contributed by atoms with Crippen LogP contribution in [0.5, 0.6) is 0 Å². The molecule has 0 spiro atoms. The Bertz CT molecular complexity index is 686. The number of halogens is 1. The molecule has 2 heterocycles. The Labute approximate surface area is 157 Å². The van der Waals surface area contributed by atoms with Crippen LogP contribution in [0, 0.1) is 0 Å². The van der Waals surface area contributed by atoms with Gasteiger partial charge in [0, 0.05) is 31.2 Å². The second-order valence-electron chi connectivity index (χ2n) is 6.39. The molecule has 0 unspecified atom stereocenters. The molecule has 0 radical (unpaired) electrons. The Morgan fingerprint density at radius 2 is 1.81 bits per heavy atom. The fourth-order valence-corrected chi connectivity index (χ4v) is 3.45. The lowest BCUT2D eigenvalue weighted by Gasteiger charge is -2.36. The van der Waals surface area contributed by atoms with Gasteiger partial charge in [-0.2, -0.15) is 0 Å². The highest BCUT2D eigenvalue weighted by molar-refractivity contribution is 6.30. The van der Waals surface area contributed by atoms with Crippen LogP contribution in [0.25, 0.3) is 0 Å². The quantitative estimate of drug-likeness (QED) is 0.745. The van der Waals surface area contributed by atoms with Crippen molar-refractivity contribution in [2.45, 2.75) is 25.9 Å². The van der Waals surface area contributed by atoms with Crippen molar-refractivity contribution in [2.24, 2.45) is 0 Å². The summed E-state index contributed by atoms with van der Waals surface area (Å²) < 4.78 is 5.00. The first-order valence-corrected chi connectivity index (χ1v) is 9.11. The van der Waals surface area contributed by atoms with Gasteiger partial charge in [-0.15, -0.1) is 0 Å². The van der Waals surface area contributed by atoms with Crippen LogP contribution < -0.4 is 0 Å². The van der Waals surface area contributed by atoms with E-state index in [-0.39, 0.29) is 30.9 Å². The molecule has 0 aromatic heterocycles. The summed E-state index contributed by atoms with van der Waals surface area (Å²) in [4.78, 5) is 41.8. The summed E-state index contributed by atoms with van der Waals surface area (Å²) in [7, 11) is 0. The predicted octanol–water partition coefficient (Wildman–Crippen LogP) is 1.74. The number of nitrogens with zero attached hydrogens (tertiary/aromatic N) is 3. The first kappa shape index (κ1) is 18.7. The minimum atomic E-state index is -0.445. The third-order valence-corrected chi connectivity index (χ3v) is 5.01. The number of likely N-dealkylation sites (tertiary alicyclic amines) is 1. The molecule has 140 valence electrons. The van der Waals surface area contributed by atoms with Gasteiger partial charge in [-0.05, 0) is 24.6 Å². The fourth-order valence-electron chi connectivity index (χ4n) is 3.32. The van der Waals surface area contributed by atoms with Crippen LogP contribution in [-0.4, -0.2) is 71.4 Å². The van der Waals surface area contributed by atoms with E-state index in [2.05, 4.69) is 0 Å². The summed E-state index contributed by atoms with van der Waals surface area (Å²) in [6.07, 6.45) is -0.142. The molecule has 2 aliphatic heterocycles. The average molecular weight is 380 g/mol. The topological polar surface area (TPSA) is 70.2 Å². The zero-order valence-electron chi connectivity index (χ0n) is 14.7. The van der Waals surface area contributed by atoms with Gasteiger partial charge in [-0.1, -0.05) is 23.7 Å². The van der Waals surface area contributed by atoms with E-state index in [4.69, 9.17) is 16.3 Å². The van der Waals surface area contributed by atoms with E-state index in [1.54, 1.807) is 24.0 Å². The van der Waals surface area contributed by atoms with Crippen LogP contribution in [0.1, 0.15) is 18.9 Å². The molecule has 1 aromatic rings. The number of hydrogen-bond donors (Lipinski definition) is 0. The van der Waals surface area contributed by atoms with Crippen LogP contribution in [0.15, 0.2) is 24.3 Å². The van der Waals surface area contributed by atoms with Crippen LogP contribution >= 0.6 is 11.6 Å². The molecular weight excluding hydrogens is 358 g/mol. The Morgan fingerprint density at radius 3 is 2.42 bits per heavy atom. The van der Waals surface area contributed by atoms with Crippen LogP contribution in [0.4, 0.5) is 4.79 Å². The summed E-state index contributed by atoms with van der Waals surface area (Å²) in [5.74, 6) is -0.336. The van der Waals surface area contributed by atoms with Crippen molar-refractivity contribution in [3.63, 3.8) is 0 Å². The van der Waals surface area contributed by atoms with E-state index in [0.29, 0.717) is 37.8 Å². The van der Waals surface area contributed by atoms with Crippen molar-refractivity contribution in [3.05, 3.63) is 34.9 Å². The molecule has 7 nitrogen and oxygen atoms in total. The molecule has 2 fully saturated rings.